The summed E-state index contributed by atoms with van der Waals surface area (Å²) in [4.78, 5) is 14.3. The average molecular weight is 290 g/mol. The number of ether oxygens (including phenoxy) is 1. The molecule has 116 valence electrons. The van der Waals surface area contributed by atoms with Gasteiger partial charge in [0.05, 0.1) is 0 Å². The van der Waals surface area contributed by atoms with Crippen molar-refractivity contribution in [2.75, 3.05) is 13.1 Å². The highest BCUT2D eigenvalue weighted by Crippen LogP contribution is 2.23. The minimum absolute atomic E-state index is 0.00477. The lowest BCUT2D eigenvalue weighted by atomic mass is 10.1. The zero-order chi connectivity index (χ0) is 15.4. The Kier molecular flexibility index (Phi) is 5.23. The molecule has 2 atom stereocenters. The van der Waals surface area contributed by atoms with Gasteiger partial charge >= 0.3 is 0 Å². The van der Waals surface area contributed by atoms with E-state index in [4.69, 9.17) is 10.5 Å². The van der Waals surface area contributed by atoms with Gasteiger partial charge in [-0.3, -0.25) is 4.79 Å². The van der Waals surface area contributed by atoms with Crippen molar-refractivity contribution in [3.63, 3.8) is 0 Å². The number of hydrogen-bond acceptors (Lipinski definition) is 3. The summed E-state index contributed by atoms with van der Waals surface area (Å²) in [5.74, 6) is 0.850. The average Bonchev–Trinajstić information content (AvgIpc) is 2.49. The number of hydrogen-bond donors (Lipinski definition) is 1. The minimum atomic E-state index is -0.442. The van der Waals surface area contributed by atoms with Gasteiger partial charge in [-0.1, -0.05) is 12.1 Å². The predicted octanol–water partition coefficient (Wildman–Crippen LogP) is 2.79. The molecule has 1 aromatic rings. The molecule has 1 aliphatic rings. The van der Waals surface area contributed by atoms with Gasteiger partial charge in [-0.25, -0.2) is 0 Å². The summed E-state index contributed by atoms with van der Waals surface area (Å²) in [5.41, 5.74) is 7.97. The number of aryl methyl sites for hydroxylation is 1. The monoisotopic (exact) mass is 290 g/mol. The maximum Gasteiger partial charge on any atom is 0.263 e. The van der Waals surface area contributed by atoms with Crippen LogP contribution in [0.4, 0.5) is 0 Å². The fourth-order valence-corrected chi connectivity index (χ4v) is 2.70. The van der Waals surface area contributed by atoms with Gasteiger partial charge < -0.3 is 15.4 Å². The van der Waals surface area contributed by atoms with Crippen molar-refractivity contribution in [3.8, 4) is 5.75 Å². The van der Waals surface area contributed by atoms with Gasteiger partial charge in [0.2, 0.25) is 0 Å². The Bertz CT molecular complexity index is 494. The molecule has 4 nitrogen and oxygen atoms in total. The summed E-state index contributed by atoms with van der Waals surface area (Å²) in [5, 5.41) is 0. The molecule has 2 N–H and O–H groups in total. The normalized spacial score (nSPS) is 18.2. The van der Waals surface area contributed by atoms with E-state index in [9.17, 15) is 4.79 Å². The second-order valence-electron chi connectivity index (χ2n) is 5.96. The molecule has 1 heterocycles. The Labute approximate surface area is 127 Å². The highest BCUT2D eigenvalue weighted by Gasteiger charge is 2.23. The number of rotatable bonds is 4. The Morgan fingerprint density at radius 2 is 1.90 bits per heavy atom. The molecule has 1 aromatic carbocycles. The van der Waals surface area contributed by atoms with Crippen molar-refractivity contribution in [2.24, 2.45) is 5.73 Å². The summed E-state index contributed by atoms with van der Waals surface area (Å²) in [6, 6.07) is 5.90. The number of carbonyl (C=O) groups excluding carboxylic acids is 1. The highest BCUT2D eigenvalue weighted by atomic mass is 16.5. The maximum atomic E-state index is 12.4. The first-order valence-corrected chi connectivity index (χ1v) is 7.80. The van der Waals surface area contributed by atoms with Crippen molar-refractivity contribution in [1.29, 1.82) is 0 Å². The van der Waals surface area contributed by atoms with Gasteiger partial charge in [-0.15, -0.1) is 0 Å². The topological polar surface area (TPSA) is 55.6 Å². The maximum absolute atomic E-state index is 12.4. The first-order valence-electron chi connectivity index (χ1n) is 7.80. The van der Waals surface area contributed by atoms with Gasteiger partial charge in [-0.05, 0) is 57.2 Å². The van der Waals surface area contributed by atoms with Crippen LogP contribution in [0, 0.1) is 6.92 Å². The highest BCUT2D eigenvalue weighted by molar-refractivity contribution is 5.81. The van der Waals surface area contributed by atoms with Crippen LogP contribution in [0.1, 0.15) is 50.3 Å². The zero-order valence-corrected chi connectivity index (χ0v) is 13.3. The smallest absolute Gasteiger partial charge is 0.263 e. The Hall–Kier alpha value is -1.55. The second kappa shape index (κ2) is 6.94. The number of carbonyl (C=O) groups is 1. The Morgan fingerprint density at radius 1 is 1.24 bits per heavy atom. The van der Waals surface area contributed by atoms with Crippen LogP contribution in [0.25, 0.3) is 0 Å². The molecule has 0 aromatic heterocycles. The van der Waals surface area contributed by atoms with Gasteiger partial charge in [0.1, 0.15) is 5.75 Å². The van der Waals surface area contributed by atoms with Gasteiger partial charge in [0.25, 0.3) is 5.91 Å². The molecular formula is C17H26N2O2. The van der Waals surface area contributed by atoms with Gasteiger partial charge in [-0.2, -0.15) is 0 Å². The van der Waals surface area contributed by atoms with E-state index in [-0.39, 0.29) is 11.9 Å². The third-order valence-electron chi connectivity index (χ3n) is 4.04. The van der Waals surface area contributed by atoms with E-state index >= 15 is 0 Å². The van der Waals surface area contributed by atoms with Crippen LogP contribution >= 0.6 is 0 Å². The van der Waals surface area contributed by atoms with E-state index in [0.29, 0.717) is 0 Å². The van der Waals surface area contributed by atoms with Crippen LogP contribution in [0.2, 0.25) is 0 Å². The van der Waals surface area contributed by atoms with E-state index in [0.717, 1.165) is 42.8 Å². The molecule has 4 heteroatoms. The standard InChI is InChI=1S/C17H26N2O2/c1-12-11-15(13(2)18)7-8-16(12)21-14(3)17(20)19-9-5-4-6-10-19/h7-8,11,13-14H,4-6,9-10,18H2,1-3H3/t13-,14?/m1/s1. The van der Waals surface area contributed by atoms with Crippen LogP contribution < -0.4 is 10.5 Å². The molecule has 1 unspecified atom stereocenters. The first kappa shape index (κ1) is 15.8. The van der Waals surface area contributed by atoms with Crippen molar-refractivity contribution in [1.82, 2.24) is 4.90 Å². The number of nitrogens with zero attached hydrogens (tertiary/aromatic N) is 1. The summed E-state index contributed by atoms with van der Waals surface area (Å²) in [6.07, 6.45) is 2.97. The molecule has 1 aliphatic heterocycles. The molecule has 0 radical (unpaired) electrons. The molecule has 0 bridgehead atoms. The van der Waals surface area contributed by atoms with Crippen LogP contribution in [-0.2, 0) is 4.79 Å². The second-order valence-corrected chi connectivity index (χ2v) is 5.96. The summed E-state index contributed by atoms with van der Waals surface area (Å²) < 4.78 is 5.86. The molecule has 0 aliphatic carbocycles. The number of benzene rings is 1. The summed E-state index contributed by atoms with van der Waals surface area (Å²) in [7, 11) is 0. The van der Waals surface area contributed by atoms with Crippen molar-refractivity contribution >= 4 is 5.91 Å². The first-order chi connectivity index (χ1) is 9.99. The molecule has 0 saturated carbocycles. The lowest BCUT2D eigenvalue weighted by Crippen LogP contribution is -2.43. The number of likely N-dealkylation sites (tertiary alicyclic amines) is 1. The SMILES string of the molecule is Cc1cc([C@@H](C)N)ccc1OC(C)C(=O)N1CCCCC1. The van der Waals surface area contributed by atoms with E-state index in [1.807, 2.05) is 43.9 Å². The quantitative estimate of drug-likeness (QED) is 0.927. The van der Waals surface area contributed by atoms with Crippen molar-refractivity contribution in [3.05, 3.63) is 29.3 Å². The molecule has 1 fully saturated rings. The summed E-state index contributed by atoms with van der Waals surface area (Å²) >= 11 is 0. The largest absolute Gasteiger partial charge is 0.481 e. The predicted molar refractivity (Wildman–Crippen MR) is 84.3 cm³/mol. The molecular weight excluding hydrogens is 264 g/mol. The van der Waals surface area contributed by atoms with Gasteiger partial charge in [0.15, 0.2) is 6.10 Å². The Morgan fingerprint density at radius 3 is 2.48 bits per heavy atom. The van der Waals surface area contributed by atoms with Crippen LogP contribution in [0.5, 0.6) is 5.75 Å². The lowest BCUT2D eigenvalue weighted by Gasteiger charge is -2.29. The van der Waals surface area contributed by atoms with Gasteiger partial charge in [0, 0.05) is 19.1 Å². The third kappa shape index (κ3) is 3.97. The number of piperidine rings is 1. The minimum Gasteiger partial charge on any atom is -0.481 e. The van der Waals surface area contributed by atoms with E-state index in [2.05, 4.69) is 0 Å². The summed E-state index contributed by atoms with van der Waals surface area (Å²) in [6.45, 7) is 7.48. The number of amides is 1. The lowest BCUT2D eigenvalue weighted by molar-refractivity contribution is -0.138. The molecule has 1 amide bonds. The van der Waals surface area contributed by atoms with E-state index < -0.39 is 6.10 Å². The van der Waals surface area contributed by atoms with Crippen LogP contribution in [0.3, 0.4) is 0 Å². The van der Waals surface area contributed by atoms with E-state index in [1.165, 1.54) is 6.42 Å². The molecule has 1 saturated heterocycles. The van der Waals surface area contributed by atoms with Crippen molar-refractivity contribution in [2.45, 2.75) is 52.2 Å². The Balaban J connectivity index is 2.01. The third-order valence-corrected chi connectivity index (χ3v) is 4.04. The fourth-order valence-electron chi connectivity index (χ4n) is 2.70. The van der Waals surface area contributed by atoms with Crippen molar-refractivity contribution < 1.29 is 9.53 Å². The number of nitrogens with two attached hydrogens (primary N) is 1. The molecule has 0 spiro atoms. The fraction of sp³-hybridized carbons (Fsp3) is 0.588. The zero-order valence-electron chi connectivity index (χ0n) is 13.3. The van der Waals surface area contributed by atoms with E-state index in [1.54, 1.807) is 0 Å². The molecule has 21 heavy (non-hydrogen) atoms. The van der Waals surface area contributed by atoms with Crippen LogP contribution in [0.15, 0.2) is 18.2 Å². The molecule has 2 rings (SSSR count). The van der Waals surface area contributed by atoms with Crippen LogP contribution in [-0.4, -0.2) is 30.0 Å².